The number of hydrogen-bond acceptors (Lipinski definition) is 5. The molecule has 0 amide bonds. The molecule has 126 valence electrons. The van der Waals surface area contributed by atoms with E-state index in [9.17, 15) is 10.1 Å². The van der Waals surface area contributed by atoms with Gasteiger partial charge in [-0.25, -0.2) is 4.68 Å². The molecule has 1 aromatic heterocycles. The lowest BCUT2D eigenvalue weighted by atomic mass is 9.82. The van der Waals surface area contributed by atoms with Gasteiger partial charge in [-0.15, -0.1) is 0 Å². The maximum atomic E-state index is 10.8. The van der Waals surface area contributed by atoms with Crippen molar-refractivity contribution in [2.75, 3.05) is 0 Å². The number of nitro groups is 1. The van der Waals surface area contributed by atoms with Gasteiger partial charge in [-0.3, -0.25) is 10.1 Å². The first kappa shape index (κ1) is 16.9. The predicted octanol–water partition coefficient (Wildman–Crippen LogP) is 2.73. The molecular weight excluding hydrogens is 332 g/mol. The summed E-state index contributed by atoms with van der Waals surface area (Å²) in [5.74, 6) is 0. The van der Waals surface area contributed by atoms with E-state index >= 15 is 0 Å². The molecule has 0 atom stereocenters. The van der Waals surface area contributed by atoms with Gasteiger partial charge < -0.3 is 9.31 Å². The summed E-state index contributed by atoms with van der Waals surface area (Å²) in [6, 6.07) is 4.24. The maximum absolute atomic E-state index is 10.8. The lowest BCUT2D eigenvalue weighted by molar-refractivity contribution is -0.384. The molecule has 9 heteroatoms. The predicted molar refractivity (Wildman–Crippen MR) is 90.9 cm³/mol. The van der Waals surface area contributed by atoms with E-state index in [0.717, 1.165) is 5.46 Å². The van der Waals surface area contributed by atoms with Crippen molar-refractivity contribution in [2.24, 2.45) is 0 Å². The first-order valence-electron chi connectivity index (χ1n) is 7.45. The third-order valence-corrected chi connectivity index (χ3v) is 4.82. The molecule has 2 heterocycles. The molecular formula is C15H17BClN3O4. The van der Waals surface area contributed by atoms with Crippen molar-refractivity contribution in [3.63, 3.8) is 0 Å². The van der Waals surface area contributed by atoms with Gasteiger partial charge in [-0.1, -0.05) is 11.6 Å². The molecule has 2 aromatic rings. The number of halogens is 1. The molecule has 1 aromatic carbocycles. The molecule has 1 aliphatic rings. The lowest BCUT2D eigenvalue weighted by Crippen LogP contribution is -2.41. The highest BCUT2D eigenvalue weighted by Crippen LogP contribution is 2.36. The highest BCUT2D eigenvalue weighted by molar-refractivity contribution is 6.62. The molecule has 0 aliphatic carbocycles. The van der Waals surface area contributed by atoms with Gasteiger partial charge in [0.1, 0.15) is 0 Å². The first-order valence-corrected chi connectivity index (χ1v) is 7.83. The number of non-ortho nitro benzene ring substituents is 1. The number of rotatable bonds is 3. The Balaban J connectivity index is 1.88. The van der Waals surface area contributed by atoms with Gasteiger partial charge in [0, 0.05) is 30.0 Å². The fraction of sp³-hybridized carbons (Fsp3) is 0.400. The van der Waals surface area contributed by atoms with Gasteiger partial charge in [-0.05, 0) is 33.8 Å². The zero-order valence-electron chi connectivity index (χ0n) is 13.8. The van der Waals surface area contributed by atoms with Crippen molar-refractivity contribution >= 4 is 29.9 Å². The Morgan fingerprint density at radius 3 is 2.42 bits per heavy atom. The van der Waals surface area contributed by atoms with Crippen molar-refractivity contribution < 1.29 is 14.2 Å². The molecule has 24 heavy (non-hydrogen) atoms. The van der Waals surface area contributed by atoms with Crippen LogP contribution in [0.1, 0.15) is 27.7 Å². The molecule has 3 rings (SSSR count). The van der Waals surface area contributed by atoms with Crippen LogP contribution in [-0.2, 0) is 9.31 Å². The van der Waals surface area contributed by atoms with Gasteiger partial charge in [0.15, 0.2) is 0 Å². The van der Waals surface area contributed by atoms with Gasteiger partial charge in [-0.2, -0.15) is 5.10 Å². The number of aromatic nitrogens is 2. The average Bonchev–Trinajstić information content (AvgIpc) is 3.02. The molecule has 1 aliphatic heterocycles. The second kappa shape index (κ2) is 5.58. The molecule has 0 unspecified atom stereocenters. The van der Waals surface area contributed by atoms with E-state index < -0.39 is 23.2 Å². The van der Waals surface area contributed by atoms with E-state index in [1.807, 2.05) is 27.7 Å². The normalized spacial score (nSPS) is 18.8. The van der Waals surface area contributed by atoms with E-state index in [1.54, 1.807) is 23.1 Å². The second-order valence-corrected chi connectivity index (χ2v) is 7.11. The zero-order valence-corrected chi connectivity index (χ0v) is 14.6. The maximum Gasteiger partial charge on any atom is 0.498 e. The smallest absolute Gasteiger partial charge is 0.399 e. The minimum atomic E-state index is -0.527. The minimum absolute atomic E-state index is 0.0675. The minimum Gasteiger partial charge on any atom is -0.399 e. The standard InChI is InChI=1S/C15H17BClN3O4/c1-14(2)15(3,4)24-16(23-14)10-8-18-19(9-10)13-6-5-11(20(21)22)7-12(13)17/h5-9H,1-4H3. The number of hydrogen-bond donors (Lipinski definition) is 0. The third kappa shape index (κ3) is 2.81. The van der Waals surface area contributed by atoms with Crippen LogP contribution in [-0.4, -0.2) is 33.0 Å². The summed E-state index contributed by atoms with van der Waals surface area (Å²) in [5.41, 5.74) is 0.352. The fourth-order valence-electron chi connectivity index (χ4n) is 2.36. The molecule has 0 spiro atoms. The van der Waals surface area contributed by atoms with Gasteiger partial charge in [0.25, 0.3) is 5.69 Å². The highest BCUT2D eigenvalue weighted by atomic mass is 35.5. The molecule has 7 nitrogen and oxygen atoms in total. The van der Waals surface area contributed by atoms with E-state index in [1.165, 1.54) is 12.1 Å². The van der Waals surface area contributed by atoms with Crippen LogP contribution in [0.4, 0.5) is 5.69 Å². The Labute approximate surface area is 144 Å². The third-order valence-electron chi connectivity index (χ3n) is 4.52. The number of nitro benzene ring substituents is 1. The van der Waals surface area contributed by atoms with Crippen LogP contribution in [0, 0.1) is 10.1 Å². The van der Waals surface area contributed by atoms with Gasteiger partial charge >= 0.3 is 7.12 Å². The zero-order chi connectivity index (χ0) is 17.7. The molecule has 0 bridgehead atoms. The SMILES string of the molecule is CC1(C)OB(c2cnn(-c3ccc([N+](=O)[O-])cc3Cl)c2)OC1(C)C. The summed E-state index contributed by atoms with van der Waals surface area (Å²) in [5, 5.41) is 15.3. The number of benzene rings is 1. The van der Waals surface area contributed by atoms with E-state index in [-0.39, 0.29) is 10.7 Å². The van der Waals surface area contributed by atoms with Crippen molar-refractivity contribution in [3.8, 4) is 5.69 Å². The average molecular weight is 350 g/mol. The van der Waals surface area contributed by atoms with Crippen LogP contribution in [0.25, 0.3) is 5.69 Å². The summed E-state index contributed by atoms with van der Waals surface area (Å²) in [4.78, 5) is 10.3. The van der Waals surface area contributed by atoms with Crippen LogP contribution in [0.5, 0.6) is 0 Å². The molecule has 1 fully saturated rings. The Morgan fingerprint density at radius 2 is 1.88 bits per heavy atom. The van der Waals surface area contributed by atoms with E-state index in [2.05, 4.69) is 5.10 Å². The summed E-state index contributed by atoms with van der Waals surface area (Å²) in [6.07, 6.45) is 3.38. The summed E-state index contributed by atoms with van der Waals surface area (Å²) in [7, 11) is -0.527. The van der Waals surface area contributed by atoms with Gasteiger partial charge in [0.05, 0.1) is 26.8 Å². The van der Waals surface area contributed by atoms with E-state index in [4.69, 9.17) is 20.9 Å². The largest absolute Gasteiger partial charge is 0.498 e. The van der Waals surface area contributed by atoms with Crippen LogP contribution in [0.3, 0.4) is 0 Å². The number of nitrogens with zero attached hydrogens (tertiary/aromatic N) is 3. The molecule has 0 N–H and O–H groups in total. The Hall–Kier alpha value is -1.90. The topological polar surface area (TPSA) is 79.4 Å². The summed E-state index contributed by atoms with van der Waals surface area (Å²) >= 11 is 6.14. The van der Waals surface area contributed by atoms with Crippen LogP contribution < -0.4 is 5.46 Å². The van der Waals surface area contributed by atoms with Crippen LogP contribution >= 0.6 is 11.6 Å². The first-order chi connectivity index (χ1) is 11.1. The summed E-state index contributed by atoms with van der Waals surface area (Å²) in [6.45, 7) is 7.91. The van der Waals surface area contributed by atoms with Gasteiger partial charge in [0.2, 0.25) is 0 Å². The van der Waals surface area contributed by atoms with Crippen LogP contribution in [0.15, 0.2) is 30.6 Å². The Morgan fingerprint density at radius 1 is 1.25 bits per heavy atom. The van der Waals surface area contributed by atoms with Crippen molar-refractivity contribution in [2.45, 2.75) is 38.9 Å². The van der Waals surface area contributed by atoms with E-state index in [0.29, 0.717) is 5.69 Å². The second-order valence-electron chi connectivity index (χ2n) is 6.70. The molecule has 1 saturated heterocycles. The Kier molecular flexibility index (Phi) is 3.94. The monoisotopic (exact) mass is 349 g/mol. The van der Waals surface area contributed by atoms with Crippen molar-refractivity contribution in [3.05, 3.63) is 45.7 Å². The Bertz CT molecular complexity index is 790. The lowest BCUT2D eigenvalue weighted by Gasteiger charge is -2.32. The van der Waals surface area contributed by atoms with Crippen molar-refractivity contribution in [1.29, 1.82) is 0 Å². The fourth-order valence-corrected chi connectivity index (χ4v) is 2.63. The van der Waals surface area contributed by atoms with Crippen molar-refractivity contribution in [1.82, 2.24) is 9.78 Å². The molecule has 0 saturated carbocycles. The highest BCUT2D eigenvalue weighted by Gasteiger charge is 2.52. The molecule has 0 radical (unpaired) electrons. The quantitative estimate of drug-likeness (QED) is 0.483. The summed E-state index contributed by atoms with van der Waals surface area (Å²) < 4.78 is 13.5. The van der Waals surface area contributed by atoms with Crippen LogP contribution in [0.2, 0.25) is 5.02 Å².